The number of anilines is 1. The van der Waals surface area contributed by atoms with Gasteiger partial charge in [-0.25, -0.2) is 27.1 Å². The van der Waals surface area contributed by atoms with Crippen molar-refractivity contribution >= 4 is 28.0 Å². The number of hydrogen-bond acceptors (Lipinski definition) is 7. The van der Waals surface area contributed by atoms with Gasteiger partial charge in [-0.05, 0) is 44.0 Å². The molecule has 0 saturated carbocycles. The van der Waals surface area contributed by atoms with Crippen LogP contribution in [-0.4, -0.2) is 60.8 Å². The maximum atomic E-state index is 13.7. The standard InChI is InChI=1S/C25H32FN3O6S/c1-15(2)22-20(12-11-18-13-19(14-21(30)31)35-25(3,4)34-18)23(16-7-9-17(26)10-8-16)28-24(27-22)29(5)36(6,32)33/h7-12,15,18-19H,13-14H2,1-6H3,(H,30,31)/t18-,19+/m1/s1. The van der Waals surface area contributed by atoms with Crippen LogP contribution in [0.2, 0.25) is 0 Å². The van der Waals surface area contributed by atoms with Crippen LogP contribution < -0.4 is 4.31 Å². The number of nitrogens with zero attached hydrogens (tertiary/aromatic N) is 3. The van der Waals surface area contributed by atoms with Crippen molar-refractivity contribution in [1.29, 1.82) is 0 Å². The Balaban J connectivity index is 2.13. The average Bonchev–Trinajstić information content (AvgIpc) is 2.75. The van der Waals surface area contributed by atoms with E-state index in [1.54, 1.807) is 38.1 Å². The molecule has 36 heavy (non-hydrogen) atoms. The predicted octanol–water partition coefficient (Wildman–Crippen LogP) is 4.20. The largest absolute Gasteiger partial charge is 0.481 e. The molecule has 1 aliphatic rings. The van der Waals surface area contributed by atoms with Gasteiger partial charge in [0.1, 0.15) is 5.82 Å². The molecule has 2 atom stereocenters. The zero-order valence-electron chi connectivity index (χ0n) is 21.2. The molecule has 1 N–H and O–H groups in total. The van der Waals surface area contributed by atoms with Crippen molar-refractivity contribution in [3.8, 4) is 11.3 Å². The third-order valence-corrected chi connectivity index (χ3v) is 6.83. The SMILES string of the molecule is CC(C)c1nc(N(C)S(C)(=O)=O)nc(-c2ccc(F)cc2)c1C=C[C@@H]1C[C@@H](CC(=O)O)OC(C)(C)O1. The minimum absolute atomic E-state index is 0.00245. The molecule has 1 fully saturated rings. The lowest BCUT2D eigenvalue weighted by molar-refractivity contribution is -0.290. The zero-order chi connectivity index (χ0) is 26.8. The number of carbonyl (C=O) groups is 1. The Morgan fingerprint density at radius 3 is 2.44 bits per heavy atom. The fourth-order valence-corrected chi connectivity index (χ4v) is 4.36. The van der Waals surface area contributed by atoms with Crippen LogP contribution in [0.4, 0.5) is 10.3 Å². The van der Waals surface area contributed by atoms with Crippen molar-refractivity contribution in [3.05, 3.63) is 47.4 Å². The van der Waals surface area contributed by atoms with E-state index in [-0.39, 0.29) is 18.3 Å². The van der Waals surface area contributed by atoms with Gasteiger partial charge in [0.05, 0.1) is 36.3 Å². The first-order chi connectivity index (χ1) is 16.7. The van der Waals surface area contributed by atoms with Crippen LogP contribution in [0.3, 0.4) is 0 Å². The number of carboxylic acids is 1. The molecule has 0 spiro atoms. The summed E-state index contributed by atoms with van der Waals surface area (Å²) in [6.07, 6.45) is 3.88. The van der Waals surface area contributed by atoms with Crippen molar-refractivity contribution < 1.29 is 32.2 Å². The number of sulfonamides is 1. The van der Waals surface area contributed by atoms with Crippen molar-refractivity contribution in [1.82, 2.24) is 9.97 Å². The first kappa shape index (κ1) is 27.7. The summed E-state index contributed by atoms with van der Waals surface area (Å²) in [6, 6.07) is 5.75. The second-order valence-corrected chi connectivity index (χ2v) is 11.6. The van der Waals surface area contributed by atoms with Crippen LogP contribution in [0, 0.1) is 5.82 Å². The molecule has 0 radical (unpaired) electrons. The van der Waals surface area contributed by atoms with Gasteiger partial charge in [0.15, 0.2) is 5.79 Å². The molecule has 1 aromatic carbocycles. The Bertz CT molecular complexity index is 1250. The fraction of sp³-hybridized carbons (Fsp3) is 0.480. The number of carboxylic acid groups (broad SMARTS) is 1. The average molecular weight is 522 g/mol. The number of aliphatic carboxylic acids is 1. The van der Waals surface area contributed by atoms with Gasteiger partial charge in [0.25, 0.3) is 0 Å². The molecule has 0 unspecified atom stereocenters. The molecular formula is C25H32FN3O6S. The molecule has 11 heteroatoms. The van der Waals surface area contributed by atoms with Crippen LogP contribution in [0.5, 0.6) is 0 Å². The van der Waals surface area contributed by atoms with Crippen LogP contribution >= 0.6 is 0 Å². The monoisotopic (exact) mass is 521 g/mol. The summed E-state index contributed by atoms with van der Waals surface area (Å²) in [7, 11) is -2.25. The molecule has 9 nitrogen and oxygen atoms in total. The number of hydrogen-bond donors (Lipinski definition) is 1. The van der Waals surface area contributed by atoms with Gasteiger partial charge in [0, 0.05) is 24.6 Å². The van der Waals surface area contributed by atoms with Gasteiger partial charge < -0.3 is 14.6 Å². The topological polar surface area (TPSA) is 119 Å². The highest BCUT2D eigenvalue weighted by atomic mass is 32.2. The van der Waals surface area contributed by atoms with E-state index >= 15 is 0 Å². The lowest BCUT2D eigenvalue weighted by atomic mass is 9.97. The molecule has 1 aliphatic heterocycles. The van der Waals surface area contributed by atoms with E-state index < -0.39 is 39.8 Å². The third-order valence-electron chi connectivity index (χ3n) is 5.67. The Kier molecular flexibility index (Phi) is 8.17. The first-order valence-electron chi connectivity index (χ1n) is 11.5. The fourth-order valence-electron chi connectivity index (χ4n) is 3.99. The Labute approximate surface area is 211 Å². The van der Waals surface area contributed by atoms with Gasteiger partial charge in [-0.2, -0.15) is 0 Å². The van der Waals surface area contributed by atoms with E-state index in [0.717, 1.165) is 10.6 Å². The van der Waals surface area contributed by atoms with Gasteiger partial charge in [-0.3, -0.25) is 4.79 Å². The summed E-state index contributed by atoms with van der Waals surface area (Å²) in [5.74, 6) is -2.45. The van der Waals surface area contributed by atoms with Crippen LogP contribution in [0.1, 0.15) is 57.7 Å². The third kappa shape index (κ3) is 6.86. The molecule has 196 valence electrons. The second-order valence-electron chi connectivity index (χ2n) is 9.55. The van der Waals surface area contributed by atoms with Gasteiger partial charge >= 0.3 is 5.97 Å². The van der Waals surface area contributed by atoms with Crippen LogP contribution in [0.25, 0.3) is 17.3 Å². The molecule has 1 saturated heterocycles. The molecule has 0 aliphatic carbocycles. The van der Waals surface area contributed by atoms with Gasteiger partial charge in [0.2, 0.25) is 16.0 Å². The Hall–Kier alpha value is -2.89. The minimum atomic E-state index is -3.63. The molecule has 2 heterocycles. The number of ether oxygens (including phenoxy) is 2. The quantitative estimate of drug-likeness (QED) is 0.549. The molecule has 3 rings (SSSR count). The van der Waals surface area contributed by atoms with Crippen molar-refractivity contribution in [2.75, 3.05) is 17.6 Å². The van der Waals surface area contributed by atoms with Gasteiger partial charge in [-0.1, -0.05) is 26.0 Å². The Morgan fingerprint density at radius 2 is 1.89 bits per heavy atom. The molecule has 2 aromatic rings. The molecule has 1 aromatic heterocycles. The normalized spacial score (nSPS) is 20.1. The van der Waals surface area contributed by atoms with Crippen molar-refractivity contribution in [3.63, 3.8) is 0 Å². The maximum Gasteiger partial charge on any atom is 0.305 e. The lowest BCUT2D eigenvalue weighted by Gasteiger charge is -2.39. The molecule has 0 bridgehead atoms. The smallest absolute Gasteiger partial charge is 0.305 e. The molecular weight excluding hydrogens is 489 g/mol. The minimum Gasteiger partial charge on any atom is -0.481 e. The van der Waals surface area contributed by atoms with E-state index in [1.807, 2.05) is 13.8 Å². The van der Waals surface area contributed by atoms with E-state index in [2.05, 4.69) is 9.97 Å². The number of aromatic nitrogens is 2. The lowest BCUT2D eigenvalue weighted by Crippen LogP contribution is -2.44. The predicted molar refractivity (Wildman–Crippen MR) is 134 cm³/mol. The maximum absolute atomic E-state index is 13.7. The van der Waals surface area contributed by atoms with Crippen LogP contribution in [0.15, 0.2) is 30.3 Å². The summed E-state index contributed by atoms with van der Waals surface area (Å²) < 4.78 is 50.8. The van der Waals surface area contributed by atoms with Crippen molar-refractivity contribution in [2.45, 2.75) is 64.4 Å². The van der Waals surface area contributed by atoms with Crippen LogP contribution in [-0.2, 0) is 24.3 Å². The number of benzene rings is 1. The van der Waals surface area contributed by atoms with E-state index in [9.17, 15) is 22.7 Å². The highest BCUT2D eigenvalue weighted by Crippen LogP contribution is 2.33. The van der Waals surface area contributed by atoms with E-state index in [0.29, 0.717) is 28.9 Å². The Morgan fingerprint density at radius 1 is 1.25 bits per heavy atom. The second kappa shape index (κ2) is 10.6. The zero-order valence-corrected chi connectivity index (χ0v) is 22.0. The number of rotatable bonds is 8. The summed E-state index contributed by atoms with van der Waals surface area (Å²) in [5.41, 5.74) is 2.24. The molecule has 0 amide bonds. The first-order valence-corrected chi connectivity index (χ1v) is 13.4. The van der Waals surface area contributed by atoms with E-state index in [4.69, 9.17) is 9.47 Å². The highest BCUT2D eigenvalue weighted by molar-refractivity contribution is 7.92. The highest BCUT2D eigenvalue weighted by Gasteiger charge is 2.35. The number of halogens is 1. The summed E-state index contributed by atoms with van der Waals surface area (Å²) >= 11 is 0. The summed E-state index contributed by atoms with van der Waals surface area (Å²) in [5, 5.41) is 9.21. The van der Waals surface area contributed by atoms with Crippen molar-refractivity contribution in [2.24, 2.45) is 0 Å². The van der Waals surface area contributed by atoms with Gasteiger partial charge in [-0.15, -0.1) is 0 Å². The summed E-state index contributed by atoms with van der Waals surface area (Å²) in [6.45, 7) is 7.30. The van der Waals surface area contributed by atoms with E-state index in [1.165, 1.54) is 19.2 Å². The summed E-state index contributed by atoms with van der Waals surface area (Å²) in [4.78, 5) is 20.3.